The number of benzene rings is 1. The van der Waals surface area contributed by atoms with E-state index in [0.717, 1.165) is 18.4 Å². The van der Waals surface area contributed by atoms with Gasteiger partial charge in [-0.15, -0.1) is 0 Å². The molecule has 0 atom stereocenters. The van der Waals surface area contributed by atoms with Crippen molar-refractivity contribution >= 4 is 15.7 Å². The van der Waals surface area contributed by atoms with Crippen molar-refractivity contribution in [3.05, 3.63) is 23.8 Å². The van der Waals surface area contributed by atoms with E-state index in [1.807, 2.05) is 0 Å². The minimum absolute atomic E-state index is 0.285. The van der Waals surface area contributed by atoms with Gasteiger partial charge in [-0.05, 0) is 43.4 Å². The molecule has 5 heteroatoms. The Morgan fingerprint density at radius 1 is 1.44 bits per heavy atom. The van der Waals surface area contributed by atoms with E-state index in [-0.39, 0.29) is 4.90 Å². The molecule has 0 saturated heterocycles. The first-order valence-corrected chi connectivity index (χ1v) is 6.83. The lowest BCUT2D eigenvalue weighted by Gasteiger charge is -2.09. The summed E-state index contributed by atoms with van der Waals surface area (Å²) in [5.74, 6) is 0.524. The Hall–Kier alpha value is -1.07. The van der Waals surface area contributed by atoms with Crippen molar-refractivity contribution in [3.63, 3.8) is 0 Å². The van der Waals surface area contributed by atoms with Crippen molar-refractivity contribution < 1.29 is 8.42 Å². The molecular weight excluding hydrogens is 224 g/mol. The van der Waals surface area contributed by atoms with Gasteiger partial charge >= 0.3 is 0 Å². The molecular formula is C11H16N2O2S. The highest BCUT2D eigenvalue weighted by atomic mass is 32.2. The summed E-state index contributed by atoms with van der Waals surface area (Å²) >= 11 is 0. The van der Waals surface area contributed by atoms with Crippen LogP contribution in [0.25, 0.3) is 0 Å². The van der Waals surface area contributed by atoms with Gasteiger partial charge in [-0.3, -0.25) is 0 Å². The number of nitrogens with one attached hydrogen (secondary N) is 1. The van der Waals surface area contributed by atoms with E-state index in [1.54, 1.807) is 19.1 Å². The molecule has 0 bridgehead atoms. The van der Waals surface area contributed by atoms with E-state index in [0.29, 0.717) is 18.2 Å². The molecule has 0 aliphatic heterocycles. The van der Waals surface area contributed by atoms with Crippen LogP contribution in [0.15, 0.2) is 23.1 Å². The van der Waals surface area contributed by atoms with Crippen LogP contribution in [-0.2, 0) is 10.0 Å². The highest BCUT2D eigenvalue weighted by Gasteiger charge is 2.24. The molecule has 88 valence electrons. The molecule has 4 nitrogen and oxygen atoms in total. The van der Waals surface area contributed by atoms with E-state index < -0.39 is 10.0 Å². The van der Waals surface area contributed by atoms with Crippen LogP contribution in [0.3, 0.4) is 0 Å². The van der Waals surface area contributed by atoms with Gasteiger partial charge in [0.05, 0.1) is 4.90 Å². The summed E-state index contributed by atoms with van der Waals surface area (Å²) in [5, 5.41) is 0. The zero-order chi connectivity index (χ0) is 11.8. The van der Waals surface area contributed by atoms with Crippen molar-refractivity contribution in [3.8, 4) is 0 Å². The third kappa shape index (κ3) is 2.54. The van der Waals surface area contributed by atoms with Gasteiger partial charge in [0, 0.05) is 12.2 Å². The summed E-state index contributed by atoms with van der Waals surface area (Å²) in [5.41, 5.74) is 6.79. The van der Waals surface area contributed by atoms with Crippen LogP contribution in [0.4, 0.5) is 5.69 Å². The predicted molar refractivity (Wildman–Crippen MR) is 63.5 cm³/mol. The molecule has 0 spiro atoms. The fourth-order valence-corrected chi connectivity index (χ4v) is 2.93. The smallest absolute Gasteiger partial charge is 0.240 e. The number of nitrogens with two attached hydrogens (primary N) is 1. The summed E-state index contributed by atoms with van der Waals surface area (Å²) in [6.45, 7) is 2.31. The maximum atomic E-state index is 12.0. The van der Waals surface area contributed by atoms with Crippen LogP contribution in [0.2, 0.25) is 0 Å². The van der Waals surface area contributed by atoms with Gasteiger partial charge < -0.3 is 5.73 Å². The van der Waals surface area contributed by atoms with Crippen LogP contribution >= 0.6 is 0 Å². The molecule has 0 amide bonds. The minimum atomic E-state index is -3.40. The molecule has 1 aliphatic rings. The second-order valence-corrected chi connectivity index (χ2v) is 6.06. The summed E-state index contributed by atoms with van der Waals surface area (Å²) in [6, 6.07) is 4.93. The SMILES string of the molecule is Cc1ccc(N)cc1S(=O)(=O)NCC1CC1. The van der Waals surface area contributed by atoms with Crippen LogP contribution in [0.1, 0.15) is 18.4 Å². The molecule has 2 rings (SSSR count). The maximum absolute atomic E-state index is 12.0. The molecule has 0 heterocycles. The Morgan fingerprint density at radius 2 is 2.12 bits per heavy atom. The average molecular weight is 240 g/mol. The summed E-state index contributed by atoms with van der Waals surface area (Å²) in [4.78, 5) is 0.285. The molecule has 0 radical (unpaired) electrons. The Kier molecular flexibility index (Phi) is 2.90. The number of sulfonamides is 1. The third-order valence-electron chi connectivity index (χ3n) is 2.76. The quantitative estimate of drug-likeness (QED) is 0.778. The van der Waals surface area contributed by atoms with E-state index in [4.69, 9.17) is 5.73 Å². The van der Waals surface area contributed by atoms with Crippen molar-refractivity contribution in [2.24, 2.45) is 5.92 Å². The number of anilines is 1. The first-order valence-electron chi connectivity index (χ1n) is 5.35. The van der Waals surface area contributed by atoms with Crippen molar-refractivity contribution in [2.45, 2.75) is 24.7 Å². The van der Waals surface area contributed by atoms with Crippen LogP contribution in [0, 0.1) is 12.8 Å². The summed E-state index contributed by atoms with van der Waals surface area (Å²) in [7, 11) is -3.40. The maximum Gasteiger partial charge on any atom is 0.240 e. The van der Waals surface area contributed by atoms with Gasteiger partial charge in [0.2, 0.25) is 10.0 Å². The van der Waals surface area contributed by atoms with Gasteiger partial charge in [-0.2, -0.15) is 0 Å². The zero-order valence-electron chi connectivity index (χ0n) is 9.23. The molecule has 1 fully saturated rings. The second-order valence-electron chi connectivity index (χ2n) is 4.32. The molecule has 1 aromatic carbocycles. The molecule has 0 aromatic heterocycles. The molecule has 1 aromatic rings. The first kappa shape index (κ1) is 11.4. The monoisotopic (exact) mass is 240 g/mol. The van der Waals surface area contributed by atoms with Gasteiger partial charge in [-0.25, -0.2) is 13.1 Å². The average Bonchev–Trinajstić information content (AvgIpc) is 3.02. The summed E-state index contributed by atoms with van der Waals surface area (Å²) < 4.78 is 26.6. The first-order chi connectivity index (χ1) is 7.49. The Balaban J connectivity index is 2.22. The molecule has 3 N–H and O–H groups in total. The Bertz CT molecular complexity index is 493. The fraction of sp³-hybridized carbons (Fsp3) is 0.455. The molecule has 16 heavy (non-hydrogen) atoms. The normalized spacial score (nSPS) is 16.3. The topological polar surface area (TPSA) is 72.2 Å². The molecule has 1 saturated carbocycles. The highest BCUT2D eigenvalue weighted by Crippen LogP contribution is 2.28. The summed E-state index contributed by atoms with van der Waals surface area (Å²) in [6.07, 6.45) is 2.25. The minimum Gasteiger partial charge on any atom is -0.399 e. The van der Waals surface area contributed by atoms with Crippen molar-refractivity contribution in [1.29, 1.82) is 0 Å². The van der Waals surface area contributed by atoms with Crippen LogP contribution in [-0.4, -0.2) is 15.0 Å². The number of aryl methyl sites for hydroxylation is 1. The second kappa shape index (κ2) is 4.07. The van der Waals surface area contributed by atoms with E-state index in [2.05, 4.69) is 4.72 Å². The standard InChI is InChI=1S/C11H16N2O2S/c1-8-2-5-10(12)6-11(8)16(14,15)13-7-9-3-4-9/h2,5-6,9,13H,3-4,7,12H2,1H3. The van der Waals surface area contributed by atoms with E-state index in [9.17, 15) is 8.42 Å². The van der Waals surface area contributed by atoms with Crippen LogP contribution in [0.5, 0.6) is 0 Å². The van der Waals surface area contributed by atoms with Crippen LogP contribution < -0.4 is 10.5 Å². The fourth-order valence-electron chi connectivity index (χ4n) is 1.53. The lowest BCUT2D eigenvalue weighted by molar-refractivity contribution is 0.577. The van der Waals surface area contributed by atoms with Gasteiger partial charge in [-0.1, -0.05) is 6.07 Å². The molecule has 0 unspecified atom stereocenters. The third-order valence-corrected chi connectivity index (χ3v) is 4.33. The van der Waals surface area contributed by atoms with Crippen molar-refractivity contribution in [2.75, 3.05) is 12.3 Å². The van der Waals surface area contributed by atoms with Gasteiger partial charge in [0.1, 0.15) is 0 Å². The highest BCUT2D eigenvalue weighted by molar-refractivity contribution is 7.89. The Morgan fingerprint density at radius 3 is 2.75 bits per heavy atom. The Labute approximate surface area is 95.9 Å². The zero-order valence-corrected chi connectivity index (χ0v) is 10.0. The lowest BCUT2D eigenvalue weighted by atomic mass is 10.2. The van der Waals surface area contributed by atoms with Gasteiger partial charge in [0.25, 0.3) is 0 Å². The number of nitrogen functional groups attached to an aromatic ring is 1. The van der Waals surface area contributed by atoms with E-state index in [1.165, 1.54) is 6.07 Å². The molecule has 1 aliphatic carbocycles. The predicted octanol–water partition coefficient (Wildman–Crippen LogP) is 1.27. The largest absolute Gasteiger partial charge is 0.399 e. The number of rotatable bonds is 4. The lowest BCUT2D eigenvalue weighted by Crippen LogP contribution is -2.26. The van der Waals surface area contributed by atoms with Crippen molar-refractivity contribution in [1.82, 2.24) is 4.72 Å². The van der Waals surface area contributed by atoms with Gasteiger partial charge in [0.15, 0.2) is 0 Å². The van der Waals surface area contributed by atoms with E-state index >= 15 is 0 Å². The number of hydrogen-bond donors (Lipinski definition) is 2. The number of hydrogen-bond acceptors (Lipinski definition) is 3.